The molecule has 0 heterocycles. The molecule has 0 amide bonds. The van der Waals surface area contributed by atoms with Crippen molar-refractivity contribution in [1.29, 1.82) is 0 Å². The molecule has 4 heteroatoms. The van der Waals surface area contributed by atoms with Crippen LogP contribution in [0.1, 0.15) is 11.6 Å². The van der Waals surface area contributed by atoms with Gasteiger partial charge in [0.2, 0.25) is 0 Å². The Morgan fingerprint density at radius 1 is 1.11 bits per heavy atom. The lowest BCUT2D eigenvalue weighted by Gasteiger charge is -2.14. The van der Waals surface area contributed by atoms with Crippen molar-refractivity contribution in [2.75, 3.05) is 6.61 Å². The predicted molar refractivity (Wildman–Crippen MR) is 72.0 cm³/mol. The van der Waals surface area contributed by atoms with Gasteiger partial charge in [0.15, 0.2) is 0 Å². The molecule has 0 spiro atoms. The molecule has 2 aromatic rings. The van der Waals surface area contributed by atoms with E-state index < -0.39 is 0 Å². The molecule has 2 aromatic carbocycles. The molecular formula is C14H14ClNO2. The average Bonchev–Trinajstić information content (AvgIpc) is 2.38. The topological polar surface area (TPSA) is 55.5 Å². The zero-order valence-electron chi connectivity index (χ0n) is 9.71. The van der Waals surface area contributed by atoms with E-state index in [0.717, 1.165) is 5.56 Å². The number of aromatic hydroxyl groups is 1. The highest BCUT2D eigenvalue weighted by atomic mass is 35.5. The lowest BCUT2D eigenvalue weighted by atomic mass is 10.1. The van der Waals surface area contributed by atoms with Crippen LogP contribution >= 0.6 is 11.6 Å². The monoisotopic (exact) mass is 263 g/mol. The molecule has 3 nitrogen and oxygen atoms in total. The van der Waals surface area contributed by atoms with E-state index in [2.05, 4.69) is 0 Å². The second kappa shape index (κ2) is 5.76. The molecule has 3 N–H and O–H groups in total. The Hall–Kier alpha value is -1.71. The number of nitrogens with two attached hydrogens (primary N) is 1. The molecular weight excluding hydrogens is 250 g/mol. The van der Waals surface area contributed by atoms with Crippen molar-refractivity contribution >= 4 is 11.6 Å². The zero-order chi connectivity index (χ0) is 13.0. The highest BCUT2D eigenvalue weighted by molar-refractivity contribution is 6.31. The Labute approximate surface area is 111 Å². The molecule has 0 fully saturated rings. The van der Waals surface area contributed by atoms with E-state index in [1.54, 1.807) is 30.3 Å². The highest BCUT2D eigenvalue weighted by Crippen LogP contribution is 2.22. The van der Waals surface area contributed by atoms with Crippen molar-refractivity contribution in [2.24, 2.45) is 5.73 Å². The minimum absolute atomic E-state index is 0.206. The molecule has 18 heavy (non-hydrogen) atoms. The van der Waals surface area contributed by atoms with Gasteiger partial charge in [-0.05, 0) is 35.9 Å². The van der Waals surface area contributed by atoms with Gasteiger partial charge < -0.3 is 15.6 Å². The molecule has 0 aliphatic carbocycles. The molecule has 0 radical (unpaired) electrons. The number of phenolic OH excluding ortho intramolecular Hbond substituents is 1. The van der Waals surface area contributed by atoms with Gasteiger partial charge in [0.25, 0.3) is 0 Å². The third kappa shape index (κ3) is 3.15. The van der Waals surface area contributed by atoms with Crippen LogP contribution in [0.2, 0.25) is 5.02 Å². The highest BCUT2D eigenvalue weighted by Gasteiger charge is 2.10. The van der Waals surface area contributed by atoms with Crippen molar-refractivity contribution in [3.63, 3.8) is 0 Å². The van der Waals surface area contributed by atoms with E-state index in [1.807, 2.05) is 18.2 Å². The minimum atomic E-state index is -0.285. The third-order valence-corrected chi connectivity index (χ3v) is 2.92. The summed E-state index contributed by atoms with van der Waals surface area (Å²) in [5.74, 6) is 0.869. The van der Waals surface area contributed by atoms with Crippen LogP contribution in [0.15, 0.2) is 48.5 Å². The van der Waals surface area contributed by atoms with Gasteiger partial charge in [-0.1, -0.05) is 29.8 Å². The first-order valence-corrected chi connectivity index (χ1v) is 5.96. The molecule has 0 aromatic heterocycles. The van der Waals surface area contributed by atoms with Gasteiger partial charge in [0.1, 0.15) is 18.1 Å². The lowest BCUT2D eigenvalue weighted by molar-refractivity contribution is 0.290. The van der Waals surface area contributed by atoms with Crippen molar-refractivity contribution in [3.8, 4) is 11.5 Å². The van der Waals surface area contributed by atoms with E-state index in [1.165, 1.54) is 0 Å². The maximum Gasteiger partial charge on any atom is 0.119 e. The quantitative estimate of drug-likeness (QED) is 0.891. The largest absolute Gasteiger partial charge is 0.508 e. The lowest BCUT2D eigenvalue weighted by Crippen LogP contribution is -2.19. The molecule has 1 atom stereocenters. The van der Waals surface area contributed by atoms with Gasteiger partial charge in [-0.15, -0.1) is 0 Å². The number of hydrogen-bond donors (Lipinski definition) is 2. The fourth-order valence-corrected chi connectivity index (χ4v) is 1.87. The zero-order valence-corrected chi connectivity index (χ0v) is 10.5. The number of halogens is 1. The van der Waals surface area contributed by atoms with Gasteiger partial charge in [-0.3, -0.25) is 0 Å². The smallest absolute Gasteiger partial charge is 0.119 e. The van der Waals surface area contributed by atoms with E-state index >= 15 is 0 Å². The van der Waals surface area contributed by atoms with E-state index in [9.17, 15) is 0 Å². The fourth-order valence-electron chi connectivity index (χ4n) is 1.59. The Morgan fingerprint density at radius 3 is 2.44 bits per heavy atom. The summed E-state index contributed by atoms with van der Waals surface area (Å²) in [7, 11) is 0. The van der Waals surface area contributed by atoms with Crippen molar-refractivity contribution in [1.82, 2.24) is 0 Å². The molecule has 94 valence electrons. The Bertz CT molecular complexity index is 513. The third-order valence-electron chi connectivity index (χ3n) is 2.57. The standard InChI is InChI=1S/C14H14ClNO2/c15-13-4-2-1-3-12(13)14(16)9-18-11-7-5-10(17)6-8-11/h1-8,14,17H,9,16H2. The van der Waals surface area contributed by atoms with Gasteiger partial charge in [-0.25, -0.2) is 0 Å². The van der Waals surface area contributed by atoms with E-state index in [4.69, 9.17) is 27.2 Å². The summed E-state index contributed by atoms with van der Waals surface area (Å²) in [5, 5.41) is 9.79. The van der Waals surface area contributed by atoms with E-state index in [-0.39, 0.29) is 11.8 Å². The van der Waals surface area contributed by atoms with Crippen LogP contribution in [-0.2, 0) is 0 Å². The maximum absolute atomic E-state index is 9.15. The van der Waals surface area contributed by atoms with E-state index in [0.29, 0.717) is 17.4 Å². The summed E-state index contributed by atoms with van der Waals surface area (Å²) < 4.78 is 5.54. The van der Waals surface area contributed by atoms with Crippen molar-refractivity contribution in [2.45, 2.75) is 6.04 Å². The van der Waals surface area contributed by atoms with Crippen LogP contribution in [0.5, 0.6) is 11.5 Å². The molecule has 2 rings (SSSR count). The molecule has 0 aliphatic rings. The maximum atomic E-state index is 9.15. The summed E-state index contributed by atoms with van der Waals surface area (Å²) >= 11 is 6.05. The Kier molecular flexibility index (Phi) is 4.07. The average molecular weight is 264 g/mol. The molecule has 1 unspecified atom stereocenters. The van der Waals surface area contributed by atoms with Crippen LogP contribution in [0, 0.1) is 0 Å². The molecule has 0 saturated heterocycles. The Balaban J connectivity index is 1.98. The number of rotatable bonds is 4. The predicted octanol–water partition coefficient (Wildman–Crippen LogP) is 3.12. The van der Waals surface area contributed by atoms with Gasteiger partial charge in [0, 0.05) is 5.02 Å². The number of phenols is 1. The van der Waals surface area contributed by atoms with Crippen LogP contribution < -0.4 is 10.5 Å². The minimum Gasteiger partial charge on any atom is -0.508 e. The second-order valence-electron chi connectivity index (χ2n) is 3.93. The molecule has 0 bridgehead atoms. The first-order chi connectivity index (χ1) is 8.66. The number of hydrogen-bond acceptors (Lipinski definition) is 3. The SMILES string of the molecule is NC(COc1ccc(O)cc1)c1ccccc1Cl. The summed E-state index contributed by atoms with van der Waals surface area (Å²) in [5.41, 5.74) is 6.87. The molecule has 0 aliphatic heterocycles. The first kappa shape index (κ1) is 12.7. The second-order valence-corrected chi connectivity index (χ2v) is 4.34. The summed E-state index contributed by atoms with van der Waals surface area (Å²) in [6.07, 6.45) is 0. The van der Waals surface area contributed by atoms with Gasteiger partial charge in [0.05, 0.1) is 6.04 Å². The summed E-state index contributed by atoms with van der Waals surface area (Å²) in [4.78, 5) is 0. The van der Waals surface area contributed by atoms with Crippen LogP contribution in [0.4, 0.5) is 0 Å². The summed E-state index contributed by atoms with van der Waals surface area (Å²) in [6.45, 7) is 0.328. The van der Waals surface area contributed by atoms with Crippen molar-refractivity contribution in [3.05, 3.63) is 59.1 Å². The Morgan fingerprint density at radius 2 is 1.78 bits per heavy atom. The summed E-state index contributed by atoms with van der Waals surface area (Å²) in [6, 6.07) is 13.7. The number of benzene rings is 2. The fraction of sp³-hybridized carbons (Fsp3) is 0.143. The first-order valence-electron chi connectivity index (χ1n) is 5.58. The molecule has 0 saturated carbocycles. The normalized spacial score (nSPS) is 12.1. The van der Waals surface area contributed by atoms with Crippen LogP contribution in [0.25, 0.3) is 0 Å². The van der Waals surface area contributed by atoms with Gasteiger partial charge >= 0.3 is 0 Å². The van der Waals surface area contributed by atoms with Gasteiger partial charge in [-0.2, -0.15) is 0 Å². The van der Waals surface area contributed by atoms with Crippen LogP contribution in [0.3, 0.4) is 0 Å². The van der Waals surface area contributed by atoms with Crippen molar-refractivity contribution < 1.29 is 9.84 Å². The number of ether oxygens (including phenoxy) is 1. The van der Waals surface area contributed by atoms with Crippen LogP contribution in [-0.4, -0.2) is 11.7 Å².